The molecule has 0 aliphatic rings. The molecule has 0 radical (unpaired) electrons. The molecule has 2 aromatic heterocycles. The van der Waals surface area contributed by atoms with Gasteiger partial charge in [-0.1, -0.05) is 0 Å². The van der Waals surface area contributed by atoms with Gasteiger partial charge in [-0.2, -0.15) is 0 Å². The maximum atomic E-state index is 12.1. The molecular formula is C14H19N3O2. The van der Waals surface area contributed by atoms with E-state index < -0.39 is 0 Å². The summed E-state index contributed by atoms with van der Waals surface area (Å²) >= 11 is 0. The van der Waals surface area contributed by atoms with Crippen molar-refractivity contribution in [2.75, 3.05) is 5.73 Å². The van der Waals surface area contributed by atoms with Crippen LogP contribution >= 0.6 is 0 Å². The molecule has 2 heterocycles. The molecule has 0 bridgehead atoms. The van der Waals surface area contributed by atoms with Gasteiger partial charge in [-0.3, -0.25) is 4.79 Å². The van der Waals surface area contributed by atoms with E-state index in [4.69, 9.17) is 10.2 Å². The number of amides is 1. The number of nitrogens with two attached hydrogens (primary N) is 1. The Morgan fingerprint density at radius 1 is 1.47 bits per heavy atom. The maximum absolute atomic E-state index is 12.1. The minimum atomic E-state index is -0.153. The molecule has 0 aliphatic heterocycles. The molecule has 19 heavy (non-hydrogen) atoms. The number of carbonyl (C=O) groups is 1. The molecule has 5 nitrogen and oxygen atoms in total. The first kappa shape index (κ1) is 13.3. The van der Waals surface area contributed by atoms with Crippen molar-refractivity contribution in [2.24, 2.45) is 0 Å². The molecule has 2 aromatic rings. The fraction of sp³-hybridized carbons (Fsp3) is 0.357. The Balaban J connectivity index is 2.07. The smallest absolute Gasteiger partial charge is 0.268 e. The first-order valence-electron chi connectivity index (χ1n) is 6.28. The first-order chi connectivity index (χ1) is 8.97. The summed E-state index contributed by atoms with van der Waals surface area (Å²) in [6.07, 6.45) is 1.77. The molecule has 0 fully saturated rings. The zero-order valence-electron chi connectivity index (χ0n) is 11.4. The molecule has 0 spiro atoms. The summed E-state index contributed by atoms with van der Waals surface area (Å²) in [4.78, 5) is 12.1. The van der Waals surface area contributed by atoms with Crippen LogP contribution in [0.1, 0.15) is 41.9 Å². The predicted octanol–water partition coefficient (Wildman–Crippen LogP) is 2.48. The zero-order chi connectivity index (χ0) is 14.0. The lowest BCUT2D eigenvalue weighted by atomic mass is 10.3. The molecule has 102 valence electrons. The van der Waals surface area contributed by atoms with Gasteiger partial charge < -0.3 is 20.0 Å². The maximum Gasteiger partial charge on any atom is 0.268 e. The van der Waals surface area contributed by atoms with Crippen LogP contribution in [-0.4, -0.2) is 10.5 Å². The number of aromatic nitrogens is 1. The summed E-state index contributed by atoms with van der Waals surface area (Å²) in [6.45, 7) is 6.25. The number of hydrogen-bond acceptors (Lipinski definition) is 3. The van der Waals surface area contributed by atoms with Crippen molar-refractivity contribution in [3.63, 3.8) is 0 Å². The van der Waals surface area contributed by atoms with E-state index in [0.29, 0.717) is 17.9 Å². The number of carbonyl (C=O) groups excluding carboxylic acids is 1. The molecule has 0 saturated carbocycles. The monoisotopic (exact) mass is 261 g/mol. The highest BCUT2D eigenvalue weighted by Gasteiger charge is 2.14. The fourth-order valence-electron chi connectivity index (χ4n) is 1.95. The van der Waals surface area contributed by atoms with Crippen LogP contribution in [0.15, 0.2) is 28.8 Å². The van der Waals surface area contributed by atoms with Gasteiger partial charge in [-0.15, -0.1) is 0 Å². The van der Waals surface area contributed by atoms with E-state index in [0.717, 1.165) is 11.5 Å². The van der Waals surface area contributed by atoms with Crippen molar-refractivity contribution in [2.45, 2.75) is 33.4 Å². The molecule has 0 aliphatic carbocycles. The molecule has 5 heteroatoms. The van der Waals surface area contributed by atoms with E-state index >= 15 is 0 Å². The second-order valence-electron chi connectivity index (χ2n) is 4.85. The third-order valence-corrected chi connectivity index (χ3v) is 2.88. The van der Waals surface area contributed by atoms with E-state index in [1.807, 2.05) is 37.5 Å². The highest BCUT2D eigenvalue weighted by molar-refractivity contribution is 5.93. The zero-order valence-corrected chi connectivity index (χ0v) is 11.4. The van der Waals surface area contributed by atoms with Crippen LogP contribution in [0.4, 0.5) is 5.69 Å². The Kier molecular flexibility index (Phi) is 3.64. The van der Waals surface area contributed by atoms with Crippen molar-refractivity contribution in [3.05, 3.63) is 41.6 Å². The summed E-state index contributed by atoms with van der Waals surface area (Å²) in [5.74, 6) is 1.42. The number of hydrogen-bond donors (Lipinski definition) is 2. The molecule has 0 unspecified atom stereocenters. The largest absolute Gasteiger partial charge is 0.465 e. The Labute approximate surface area is 112 Å². The highest BCUT2D eigenvalue weighted by atomic mass is 16.3. The number of nitrogens with one attached hydrogen (secondary N) is 1. The number of nitrogen functional groups attached to an aromatic ring is 1. The number of furan rings is 1. The fourth-order valence-corrected chi connectivity index (χ4v) is 1.95. The van der Waals surface area contributed by atoms with E-state index in [1.165, 1.54) is 0 Å². The molecule has 0 aromatic carbocycles. The third kappa shape index (κ3) is 2.99. The quantitative estimate of drug-likeness (QED) is 0.888. The second kappa shape index (κ2) is 5.22. The standard InChI is InChI=1S/C14H19N3O2/c1-9(2)17-8-11(15)6-13(17)14(18)16-7-12-5-4-10(3)19-12/h4-6,8-9H,7,15H2,1-3H3,(H,16,18). The summed E-state index contributed by atoms with van der Waals surface area (Å²) in [5.41, 5.74) is 6.90. The number of aryl methyl sites for hydroxylation is 1. The normalized spacial score (nSPS) is 10.9. The Morgan fingerprint density at radius 2 is 2.21 bits per heavy atom. The minimum absolute atomic E-state index is 0.153. The summed E-state index contributed by atoms with van der Waals surface area (Å²) < 4.78 is 7.27. The summed E-state index contributed by atoms with van der Waals surface area (Å²) in [5, 5.41) is 2.83. The Morgan fingerprint density at radius 3 is 2.79 bits per heavy atom. The lowest BCUT2D eigenvalue weighted by molar-refractivity contribution is 0.0937. The number of anilines is 1. The number of nitrogens with zero attached hydrogens (tertiary/aromatic N) is 1. The van der Waals surface area contributed by atoms with Crippen LogP contribution in [0.5, 0.6) is 0 Å². The molecule has 2 rings (SSSR count). The van der Waals surface area contributed by atoms with Crippen molar-refractivity contribution < 1.29 is 9.21 Å². The van der Waals surface area contributed by atoms with Gasteiger partial charge in [0.05, 0.1) is 12.2 Å². The summed E-state index contributed by atoms with van der Waals surface area (Å²) in [7, 11) is 0. The highest BCUT2D eigenvalue weighted by Crippen LogP contribution is 2.16. The Hall–Kier alpha value is -2.17. The third-order valence-electron chi connectivity index (χ3n) is 2.88. The molecule has 1 amide bonds. The van der Waals surface area contributed by atoms with Gasteiger partial charge in [0.15, 0.2) is 0 Å². The van der Waals surface area contributed by atoms with Gasteiger partial charge in [-0.05, 0) is 39.0 Å². The van der Waals surface area contributed by atoms with Crippen molar-refractivity contribution in [1.29, 1.82) is 0 Å². The average molecular weight is 261 g/mol. The van der Waals surface area contributed by atoms with E-state index in [9.17, 15) is 4.79 Å². The topological polar surface area (TPSA) is 73.2 Å². The van der Waals surface area contributed by atoms with E-state index in [2.05, 4.69) is 5.32 Å². The Bertz CT molecular complexity index is 581. The lowest BCUT2D eigenvalue weighted by Gasteiger charge is -2.12. The van der Waals surface area contributed by atoms with Crippen LogP contribution in [0.25, 0.3) is 0 Å². The van der Waals surface area contributed by atoms with Gasteiger partial charge in [-0.25, -0.2) is 0 Å². The number of rotatable bonds is 4. The molecule has 0 atom stereocenters. The van der Waals surface area contributed by atoms with Crippen molar-refractivity contribution in [3.8, 4) is 0 Å². The molecular weight excluding hydrogens is 242 g/mol. The first-order valence-corrected chi connectivity index (χ1v) is 6.28. The van der Waals surface area contributed by atoms with Gasteiger partial charge in [0.25, 0.3) is 5.91 Å². The lowest BCUT2D eigenvalue weighted by Crippen LogP contribution is -2.25. The molecule has 3 N–H and O–H groups in total. The predicted molar refractivity (Wildman–Crippen MR) is 73.8 cm³/mol. The van der Waals surface area contributed by atoms with Crippen molar-refractivity contribution in [1.82, 2.24) is 9.88 Å². The van der Waals surface area contributed by atoms with Gasteiger partial charge in [0, 0.05) is 12.2 Å². The average Bonchev–Trinajstić information content (AvgIpc) is 2.92. The van der Waals surface area contributed by atoms with Crippen LogP contribution < -0.4 is 11.1 Å². The van der Waals surface area contributed by atoms with Crippen LogP contribution in [0.3, 0.4) is 0 Å². The van der Waals surface area contributed by atoms with Crippen LogP contribution in [-0.2, 0) is 6.54 Å². The minimum Gasteiger partial charge on any atom is -0.465 e. The van der Waals surface area contributed by atoms with Gasteiger partial charge in [0.2, 0.25) is 0 Å². The van der Waals surface area contributed by atoms with Crippen LogP contribution in [0.2, 0.25) is 0 Å². The van der Waals surface area contributed by atoms with Gasteiger partial charge in [0.1, 0.15) is 17.2 Å². The van der Waals surface area contributed by atoms with Crippen molar-refractivity contribution >= 4 is 11.6 Å². The molecule has 0 saturated heterocycles. The van der Waals surface area contributed by atoms with E-state index in [-0.39, 0.29) is 11.9 Å². The van der Waals surface area contributed by atoms with Gasteiger partial charge >= 0.3 is 0 Å². The van der Waals surface area contributed by atoms with Crippen LogP contribution in [0, 0.1) is 6.92 Å². The summed E-state index contributed by atoms with van der Waals surface area (Å²) in [6, 6.07) is 5.59. The van der Waals surface area contributed by atoms with E-state index in [1.54, 1.807) is 12.3 Å². The second-order valence-corrected chi connectivity index (χ2v) is 4.85. The SMILES string of the molecule is Cc1ccc(CNC(=O)c2cc(N)cn2C(C)C)o1.